The predicted molar refractivity (Wildman–Crippen MR) is 135 cm³/mol. The maximum atomic E-state index is 13.5. The van der Waals surface area contributed by atoms with Gasteiger partial charge in [0.05, 0.1) is 18.8 Å². The zero-order chi connectivity index (χ0) is 22.8. The first-order valence-corrected chi connectivity index (χ1v) is 12.9. The number of nitrogens with zero attached hydrogens (tertiary/aromatic N) is 2. The number of aryl methyl sites for hydroxylation is 1. The molecule has 0 bridgehead atoms. The third kappa shape index (κ3) is 4.33. The van der Waals surface area contributed by atoms with Crippen LogP contribution in [0.3, 0.4) is 0 Å². The van der Waals surface area contributed by atoms with E-state index in [1.807, 2.05) is 18.3 Å². The van der Waals surface area contributed by atoms with E-state index in [0.29, 0.717) is 6.42 Å². The summed E-state index contributed by atoms with van der Waals surface area (Å²) in [7, 11) is 0. The second-order valence-corrected chi connectivity index (χ2v) is 10.4. The Morgan fingerprint density at radius 1 is 1.18 bits per heavy atom. The summed E-state index contributed by atoms with van der Waals surface area (Å²) in [4.78, 5) is 21.6. The van der Waals surface area contributed by atoms with Gasteiger partial charge in [-0.1, -0.05) is 36.4 Å². The van der Waals surface area contributed by atoms with Crippen molar-refractivity contribution in [3.63, 3.8) is 0 Å². The molecule has 0 spiro atoms. The maximum Gasteiger partial charge on any atom is 0.238 e. The maximum absolute atomic E-state index is 13.5. The standard InChI is InChI=1S/C26H27N3O2S2/c1-18-5-3-4-6-22(18)33-24-19(2)15-26(28-25(24)30,21-9-14-32-17-21)20-7-8-23(27-16-20)29-10-12-31-13-11-29/h3-9,14,16-17,24H,2,10-13,15H2,1H3,(H,28,30). The normalized spacial score (nSPS) is 23.4. The van der Waals surface area contributed by atoms with Crippen molar-refractivity contribution in [3.8, 4) is 0 Å². The van der Waals surface area contributed by atoms with Gasteiger partial charge in [0.15, 0.2) is 0 Å². The molecule has 1 aromatic carbocycles. The van der Waals surface area contributed by atoms with E-state index in [1.165, 1.54) is 5.56 Å². The molecule has 7 heteroatoms. The van der Waals surface area contributed by atoms with E-state index in [4.69, 9.17) is 9.72 Å². The topological polar surface area (TPSA) is 54.5 Å². The average molecular weight is 478 g/mol. The number of amides is 1. The highest BCUT2D eigenvalue weighted by Gasteiger charge is 2.45. The molecule has 1 N–H and O–H groups in total. The first-order chi connectivity index (χ1) is 16.1. The number of carbonyl (C=O) groups is 1. The minimum atomic E-state index is -0.659. The zero-order valence-electron chi connectivity index (χ0n) is 18.6. The van der Waals surface area contributed by atoms with Crippen LogP contribution in [0.4, 0.5) is 5.82 Å². The molecule has 0 aliphatic carbocycles. The largest absolute Gasteiger partial charge is 0.378 e. The van der Waals surface area contributed by atoms with Crippen LogP contribution in [0.25, 0.3) is 0 Å². The van der Waals surface area contributed by atoms with Crippen LogP contribution in [0.1, 0.15) is 23.1 Å². The molecule has 1 amide bonds. The minimum Gasteiger partial charge on any atom is -0.378 e. The minimum absolute atomic E-state index is 0.0111. The molecule has 0 saturated carbocycles. The molecule has 3 aromatic rings. The zero-order valence-corrected chi connectivity index (χ0v) is 20.3. The van der Waals surface area contributed by atoms with Gasteiger partial charge in [-0.05, 0) is 47.0 Å². The van der Waals surface area contributed by atoms with Crippen molar-refractivity contribution in [2.24, 2.45) is 0 Å². The highest BCUT2D eigenvalue weighted by molar-refractivity contribution is 8.00. The summed E-state index contributed by atoms with van der Waals surface area (Å²) in [5.41, 5.74) is 3.48. The van der Waals surface area contributed by atoms with Gasteiger partial charge in [0.2, 0.25) is 5.91 Å². The number of rotatable bonds is 5. The summed E-state index contributed by atoms with van der Waals surface area (Å²) in [5, 5.41) is 7.22. The summed E-state index contributed by atoms with van der Waals surface area (Å²) in [5.74, 6) is 0.930. The van der Waals surface area contributed by atoms with Gasteiger partial charge in [-0.25, -0.2) is 4.98 Å². The number of pyridine rings is 1. The van der Waals surface area contributed by atoms with Crippen LogP contribution in [0.15, 0.2) is 76.5 Å². The third-order valence-electron chi connectivity index (χ3n) is 6.37. The molecular weight excluding hydrogens is 450 g/mol. The van der Waals surface area contributed by atoms with Gasteiger partial charge < -0.3 is 15.0 Å². The summed E-state index contributed by atoms with van der Waals surface area (Å²) < 4.78 is 5.46. The molecule has 4 heterocycles. The van der Waals surface area contributed by atoms with Gasteiger partial charge in [0.1, 0.15) is 11.1 Å². The van der Waals surface area contributed by atoms with Crippen molar-refractivity contribution in [3.05, 3.63) is 88.3 Å². The fraction of sp³-hybridized carbons (Fsp3) is 0.308. The van der Waals surface area contributed by atoms with Crippen LogP contribution in [-0.2, 0) is 15.1 Å². The van der Waals surface area contributed by atoms with E-state index in [9.17, 15) is 4.79 Å². The number of aromatic nitrogens is 1. The lowest BCUT2D eigenvalue weighted by Gasteiger charge is -2.42. The molecule has 33 heavy (non-hydrogen) atoms. The fourth-order valence-corrected chi connectivity index (χ4v) is 6.34. The number of benzene rings is 1. The van der Waals surface area contributed by atoms with E-state index in [-0.39, 0.29) is 11.2 Å². The lowest BCUT2D eigenvalue weighted by Crippen LogP contribution is -2.54. The Kier molecular flexibility index (Phi) is 6.27. The SMILES string of the molecule is C=C1CC(c2ccc(N3CCOCC3)nc2)(c2ccsc2)NC(=O)C1Sc1ccccc1C. The Morgan fingerprint density at radius 2 is 2.00 bits per heavy atom. The molecule has 2 atom stereocenters. The molecule has 2 unspecified atom stereocenters. The lowest BCUT2D eigenvalue weighted by molar-refractivity contribution is -0.122. The Bertz CT molecular complexity index is 1120. The number of hydrogen-bond donors (Lipinski definition) is 1. The number of thioether (sulfide) groups is 1. The van der Waals surface area contributed by atoms with E-state index in [1.54, 1.807) is 23.1 Å². The number of anilines is 1. The van der Waals surface area contributed by atoms with Gasteiger partial charge in [-0.3, -0.25) is 4.79 Å². The Morgan fingerprint density at radius 3 is 2.67 bits per heavy atom. The highest BCUT2D eigenvalue weighted by Crippen LogP contribution is 2.44. The van der Waals surface area contributed by atoms with Gasteiger partial charge in [0.25, 0.3) is 0 Å². The molecule has 5 nitrogen and oxygen atoms in total. The van der Waals surface area contributed by atoms with Crippen LogP contribution >= 0.6 is 23.1 Å². The van der Waals surface area contributed by atoms with Crippen molar-refractivity contribution < 1.29 is 9.53 Å². The summed E-state index contributed by atoms with van der Waals surface area (Å²) in [6.07, 6.45) is 2.54. The van der Waals surface area contributed by atoms with Crippen LogP contribution in [0.5, 0.6) is 0 Å². The van der Waals surface area contributed by atoms with E-state index in [0.717, 1.165) is 53.7 Å². The highest BCUT2D eigenvalue weighted by atomic mass is 32.2. The molecular formula is C26H27N3O2S2. The van der Waals surface area contributed by atoms with E-state index >= 15 is 0 Å². The van der Waals surface area contributed by atoms with Crippen molar-refractivity contribution in [2.45, 2.75) is 29.0 Å². The molecule has 0 radical (unpaired) electrons. The van der Waals surface area contributed by atoms with Crippen molar-refractivity contribution in [1.29, 1.82) is 0 Å². The number of morpholine rings is 1. The second-order valence-electron chi connectivity index (χ2n) is 8.51. The van der Waals surface area contributed by atoms with Gasteiger partial charge in [-0.2, -0.15) is 11.3 Å². The van der Waals surface area contributed by atoms with Crippen LogP contribution in [0, 0.1) is 6.92 Å². The predicted octanol–water partition coefficient (Wildman–Crippen LogP) is 4.77. The van der Waals surface area contributed by atoms with Crippen molar-refractivity contribution >= 4 is 34.8 Å². The summed E-state index contributed by atoms with van der Waals surface area (Å²) in [6.45, 7) is 9.57. The van der Waals surface area contributed by atoms with Crippen molar-refractivity contribution in [1.82, 2.24) is 10.3 Å². The second kappa shape index (κ2) is 9.33. The average Bonchev–Trinajstić information content (AvgIpc) is 3.39. The molecule has 170 valence electrons. The quantitative estimate of drug-likeness (QED) is 0.537. The van der Waals surface area contributed by atoms with Crippen LogP contribution in [-0.4, -0.2) is 42.4 Å². The number of carbonyl (C=O) groups excluding carboxylic acids is 1. The van der Waals surface area contributed by atoms with Crippen LogP contribution in [0.2, 0.25) is 0 Å². The Labute approximate surface area is 202 Å². The summed E-state index contributed by atoms with van der Waals surface area (Å²) >= 11 is 3.21. The number of ether oxygens (including phenoxy) is 1. The Balaban J connectivity index is 1.45. The molecule has 2 fully saturated rings. The monoisotopic (exact) mass is 477 g/mol. The molecule has 2 saturated heterocycles. The number of nitrogens with one attached hydrogen (secondary N) is 1. The lowest BCUT2D eigenvalue weighted by atomic mass is 9.76. The number of thiophene rings is 1. The van der Waals surface area contributed by atoms with Crippen molar-refractivity contribution in [2.75, 3.05) is 31.2 Å². The van der Waals surface area contributed by atoms with E-state index < -0.39 is 5.54 Å². The molecule has 5 rings (SSSR count). The Hall–Kier alpha value is -2.61. The van der Waals surface area contributed by atoms with Gasteiger partial charge in [0, 0.05) is 36.2 Å². The molecule has 2 aliphatic heterocycles. The third-order valence-corrected chi connectivity index (χ3v) is 8.54. The van der Waals surface area contributed by atoms with Crippen LogP contribution < -0.4 is 10.2 Å². The number of piperidine rings is 1. The smallest absolute Gasteiger partial charge is 0.238 e. The first-order valence-electron chi connectivity index (χ1n) is 11.1. The molecule has 2 aliphatic rings. The fourth-order valence-electron chi connectivity index (χ4n) is 4.53. The van der Waals surface area contributed by atoms with E-state index in [2.05, 4.69) is 64.8 Å². The van der Waals surface area contributed by atoms with Gasteiger partial charge >= 0.3 is 0 Å². The number of hydrogen-bond acceptors (Lipinski definition) is 6. The first kappa shape index (κ1) is 22.2. The molecule has 2 aromatic heterocycles. The summed E-state index contributed by atoms with van der Waals surface area (Å²) in [6, 6.07) is 14.4. The van der Waals surface area contributed by atoms with Gasteiger partial charge in [-0.15, -0.1) is 11.8 Å².